The molecular weight excluding hydrogens is 328 g/mol. The molecule has 1 aliphatic carbocycles. The van der Waals surface area contributed by atoms with E-state index in [1.165, 1.54) is 18.5 Å². The molecule has 132 valence electrons. The summed E-state index contributed by atoms with van der Waals surface area (Å²) in [6, 6.07) is 9.36. The topological polar surface area (TPSA) is 66.6 Å². The summed E-state index contributed by atoms with van der Waals surface area (Å²) in [6.45, 7) is 3.35. The highest BCUT2D eigenvalue weighted by Gasteiger charge is 2.26. The second-order valence-electron chi connectivity index (χ2n) is 6.93. The fraction of sp³-hybridized carbons (Fsp3) is 0.368. The lowest BCUT2D eigenvalue weighted by atomic mass is 10.2. The van der Waals surface area contributed by atoms with E-state index in [0.29, 0.717) is 11.6 Å². The predicted octanol–water partition coefficient (Wildman–Crippen LogP) is 1.69. The lowest BCUT2D eigenvalue weighted by molar-refractivity contribution is 0.639. The minimum atomic E-state index is -0.0436. The summed E-state index contributed by atoms with van der Waals surface area (Å²) in [7, 11) is 0. The quantitative estimate of drug-likeness (QED) is 0.718. The second-order valence-corrected chi connectivity index (χ2v) is 6.93. The molecule has 0 amide bonds. The van der Waals surface area contributed by atoms with E-state index >= 15 is 0 Å². The van der Waals surface area contributed by atoms with E-state index in [9.17, 15) is 4.79 Å². The molecule has 2 aliphatic rings. The van der Waals surface area contributed by atoms with Gasteiger partial charge in [0.05, 0.1) is 0 Å². The van der Waals surface area contributed by atoms with Crippen LogP contribution in [0.4, 0.5) is 11.6 Å². The Hall–Kier alpha value is -2.96. The molecule has 1 aliphatic heterocycles. The molecule has 0 N–H and O–H groups in total. The van der Waals surface area contributed by atoms with Gasteiger partial charge in [0.25, 0.3) is 5.56 Å². The van der Waals surface area contributed by atoms with Crippen LogP contribution in [-0.2, 0) is 0 Å². The van der Waals surface area contributed by atoms with Gasteiger partial charge in [-0.05, 0) is 25.0 Å². The summed E-state index contributed by atoms with van der Waals surface area (Å²) in [5.41, 5.74) is 1.81. The van der Waals surface area contributed by atoms with Gasteiger partial charge >= 0.3 is 0 Å². The monoisotopic (exact) mass is 348 g/mol. The van der Waals surface area contributed by atoms with Crippen molar-refractivity contribution in [2.75, 3.05) is 36.0 Å². The third kappa shape index (κ3) is 2.79. The maximum Gasteiger partial charge on any atom is 0.259 e. The summed E-state index contributed by atoms with van der Waals surface area (Å²) >= 11 is 0. The highest BCUT2D eigenvalue weighted by atomic mass is 16.1. The van der Waals surface area contributed by atoms with Gasteiger partial charge in [0.15, 0.2) is 0 Å². The number of anilines is 2. The zero-order valence-electron chi connectivity index (χ0n) is 14.5. The molecule has 5 rings (SSSR count). The van der Waals surface area contributed by atoms with Gasteiger partial charge in [0.1, 0.15) is 23.6 Å². The van der Waals surface area contributed by atoms with Crippen LogP contribution < -0.4 is 15.4 Å². The van der Waals surface area contributed by atoms with Crippen LogP contribution in [0.5, 0.6) is 0 Å². The number of nitrogens with zero attached hydrogens (tertiary/aromatic N) is 6. The average molecular weight is 348 g/mol. The smallest absolute Gasteiger partial charge is 0.259 e. The Labute approximate surface area is 151 Å². The molecule has 0 atom stereocenters. The Morgan fingerprint density at radius 2 is 1.69 bits per heavy atom. The van der Waals surface area contributed by atoms with Crippen LogP contribution in [-0.4, -0.2) is 45.5 Å². The van der Waals surface area contributed by atoms with Crippen molar-refractivity contribution in [2.45, 2.75) is 18.8 Å². The number of pyridine rings is 1. The molecule has 4 heterocycles. The Morgan fingerprint density at radius 3 is 2.46 bits per heavy atom. The van der Waals surface area contributed by atoms with Gasteiger partial charge in [-0.3, -0.25) is 9.20 Å². The minimum absolute atomic E-state index is 0.0436. The number of rotatable bonds is 3. The van der Waals surface area contributed by atoms with E-state index in [0.717, 1.165) is 37.8 Å². The molecule has 2 fully saturated rings. The lowest BCUT2D eigenvalue weighted by Crippen LogP contribution is -2.47. The van der Waals surface area contributed by atoms with E-state index in [4.69, 9.17) is 0 Å². The Kier molecular flexibility index (Phi) is 3.58. The van der Waals surface area contributed by atoms with Gasteiger partial charge in [-0.15, -0.1) is 0 Å². The van der Waals surface area contributed by atoms with E-state index in [-0.39, 0.29) is 5.56 Å². The van der Waals surface area contributed by atoms with Crippen LogP contribution in [0.2, 0.25) is 0 Å². The van der Waals surface area contributed by atoms with Crippen molar-refractivity contribution in [1.29, 1.82) is 0 Å². The molecule has 0 bridgehead atoms. The van der Waals surface area contributed by atoms with Crippen molar-refractivity contribution >= 4 is 17.3 Å². The maximum absolute atomic E-state index is 12.3. The van der Waals surface area contributed by atoms with Crippen molar-refractivity contribution in [3.63, 3.8) is 0 Å². The van der Waals surface area contributed by atoms with E-state index < -0.39 is 0 Å². The summed E-state index contributed by atoms with van der Waals surface area (Å²) in [4.78, 5) is 30.3. The van der Waals surface area contributed by atoms with Gasteiger partial charge in [0, 0.05) is 56.1 Å². The maximum atomic E-state index is 12.3. The van der Waals surface area contributed by atoms with Gasteiger partial charge in [0.2, 0.25) is 0 Å². The molecule has 7 nitrogen and oxygen atoms in total. The summed E-state index contributed by atoms with van der Waals surface area (Å²) in [5.74, 6) is 2.39. The van der Waals surface area contributed by atoms with Crippen molar-refractivity contribution in [1.82, 2.24) is 19.4 Å². The van der Waals surface area contributed by atoms with Crippen LogP contribution in [0.1, 0.15) is 24.5 Å². The Morgan fingerprint density at radius 1 is 0.923 bits per heavy atom. The number of piperazine rings is 1. The van der Waals surface area contributed by atoms with Crippen LogP contribution in [0.25, 0.3) is 5.65 Å². The van der Waals surface area contributed by atoms with E-state index in [1.54, 1.807) is 23.0 Å². The molecule has 3 aromatic rings. The standard InChI is InChI=1S/C19H20N6O/c26-19-12-18(22-16-3-1-2-6-25(16)19)24-9-7-23(8-10-24)17-11-15(14-4-5-14)20-13-21-17/h1-3,6,11-14H,4-5,7-10H2. The molecule has 1 saturated carbocycles. The number of hydrogen-bond donors (Lipinski definition) is 0. The van der Waals surface area contributed by atoms with Crippen molar-refractivity contribution < 1.29 is 0 Å². The zero-order valence-corrected chi connectivity index (χ0v) is 14.5. The fourth-order valence-electron chi connectivity index (χ4n) is 3.50. The van der Waals surface area contributed by atoms with Gasteiger partial charge in [-0.2, -0.15) is 0 Å². The molecule has 26 heavy (non-hydrogen) atoms. The van der Waals surface area contributed by atoms with Crippen LogP contribution >= 0.6 is 0 Å². The molecule has 7 heteroatoms. The van der Waals surface area contributed by atoms with Crippen LogP contribution in [0, 0.1) is 0 Å². The van der Waals surface area contributed by atoms with E-state index in [2.05, 4.69) is 30.8 Å². The molecule has 1 saturated heterocycles. The lowest BCUT2D eigenvalue weighted by Gasteiger charge is -2.36. The highest BCUT2D eigenvalue weighted by molar-refractivity contribution is 5.50. The Balaban J connectivity index is 1.34. The molecule has 0 aromatic carbocycles. The van der Waals surface area contributed by atoms with Gasteiger partial charge in [-0.25, -0.2) is 15.0 Å². The summed E-state index contributed by atoms with van der Waals surface area (Å²) < 4.78 is 1.57. The third-order valence-electron chi connectivity index (χ3n) is 5.15. The highest BCUT2D eigenvalue weighted by Crippen LogP contribution is 2.39. The number of hydrogen-bond acceptors (Lipinski definition) is 6. The fourth-order valence-corrected chi connectivity index (χ4v) is 3.50. The molecule has 3 aromatic heterocycles. The largest absolute Gasteiger partial charge is 0.353 e. The first-order valence-electron chi connectivity index (χ1n) is 9.08. The van der Waals surface area contributed by atoms with Crippen LogP contribution in [0.3, 0.4) is 0 Å². The molecule has 0 radical (unpaired) electrons. The second kappa shape index (κ2) is 6.09. The van der Waals surface area contributed by atoms with Crippen LogP contribution in [0.15, 0.2) is 47.7 Å². The van der Waals surface area contributed by atoms with E-state index in [1.807, 2.05) is 18.2 Å². The van der Waals surface area contributed by atoms with Crippen molar-refractivity contribution in [3.8, 4) is 0 Å². The first kappa shape index (κ1) is 15.3. The van der Waals surface area contributed by atoms with Crippen molar-refractivity contribution in [2.24, 2.45) is 0 Å². The SMILES string of the molecule is O=c1cc(N2CCN(c3cc(C4CC4)ncn3)CC2)nc2ccccn12. The first-order valence-corrected chi connectivity index (χ1v) is 9.08. The third-order valence-corrected chi connectivity index (χ3v) is 5.15. The minimum Gasteiger partial charge on any atom is -0.353 e. The molecule has 0 spiro atoms. The predicted molar refractivity (Wildman–Crippen MR) is 99.9 cm³/mol. The molecular formula is C19H20N6O. The molecule has 0 unspecified atom stereocenters. The average Bonchev–Trinajstić information content (AvgIpc) is 3.54. The zero-order chi connectivity index (χ0) is 17.5. The van der Waals surface area contributed by atoms with Crippen molar-refractivity contribution in [3.05, 3.63) is 58.9 Å². The normalized spacial score (nSPS) is 17.7. The number of aromatic nitrogens is 4. The summed E-state index contributed by atoms with van der Waals surface area (Å²) in [6.07, 6.45) is 5.92. The number of fused-ring (bicyclic) bond motifs is 1. The Bertz CT molecular complexity index is 1000. The van der Waals surface area contributed by atoms with Gasteiger partial charge < -0.3 is 9.80 Å². The summed E-state index contributed by atoms with van der Waals surface area (Å²) in [5, 5.41) is 0. The first-order chi connectivity index (χ1) is 12.8. The van der Waals surface area contributed by atoms with Gasteiger partial charge in [-0.1, -0.05) is 6.07 Å².